The Morgan fingerprint density at radius 1 is 1.05 bits per heavy atom. The first-order valence-corrected chi connectivity index (χ1v) is 7.89. The van der Waals surface area contributed by atoms with Gasteiger partial charge in [-0.1, -0.05) is 25.7 Å². The van der Waals surface area contributed by atoms with Crippen LogP contribution in [-0.2, 0) is 11.4 Å². The molecule has 1 aromatic rings. The van der Waals surface area contributed by atoms with Gasteiger partial charge in [0.2, 0.25) is 0 Å². The van der Waals surface area contributed by atoms with Crippen LogP contribution in [-0.4, -0.2) is 20.8 Å². The van der Waals surface area contributed by atoms with Gasteiger partial charge >= 0.3 is 0 Å². The van der Waals surface area contributed by atoms with Crippen LogP contribution >= 0.6 is 0 Å². The fourth-order valence-electron chi connectivity index (χ4n) is 2.84. The highest BCUT2D eigenvalue weighted by Gasteiger charge is 2.12. The summed E-state index contributed by atoms with van der Waals surface area (Å²) in [6.07, 6.45) is 8.14. The van der Waals surface area contributed by atoms with Gasteiger partial charge < -0.3 is 9.47 Å². The zero-order chi connectivity index (χ0) is 14.9. The first-order valence-electron chi connectivity index (χ1n) is 7.89. The maximum atomic E-state index is 5.61. The van der Waals surface area contributed by atoms with Crippen LogP contribution in [0.1, 0.15) is 44.1 Å². The number of rotatable bonds is 7. The van der Waals surface area contributed by atoms with E-state index in [4.69, 9.17) is 14.3 Å². The number of hydrogen-bond donors (Lipinski definition) is 1. The Hall–Kier alpha value is -1.26. The van der Waals surface area contributed by atoms with Crippen molar-refractivity contribution in [1.82, 2.24) is 5.48 Å². The highest BCUT2D eigenvalue weighted by atomic mass is 16.6. The van der Waals surface area contributed by atoms with Crippen LogP contribution in [0.5, 0.6) is 11.5 Å². The molecular weight excluding hydrogens is 266 g/mol. The Morgan fingerprint density at radius 3 is 2.48 bits per heavy atom. The van der Waals surface area contributed by atoms with Gasteiger partial charge in [0.15, 0.2) is 0 Å². The molecule has 0 radical (unpaired) electrons. The summed E-state index contributed by atoms with van der Waals surface area (Å²) in [5.74, 6) is 2.35. The summed E-state index contributed by atoms with van der Waals surface area (Å²) in [5, 5.41) is 0. The zero-order valence-electron chi connectivity index (χ0n) is 13.2. The summed E-state index contributed by atoms with van der Waals surface area (Å²) in [6.45, 7) is 1.44. The Kier molecular flexibility index (Phi) is 6.83. The van der Waals surface area contributed by atoms with E-state index in [1.165, 1.54) is 38.5 Å². The summed E-state index contributed by atoms with van der Waals surface area (Å²) in [6, 6.07) is 5.78. The fourth-order valence-corrected chi connectivity index (χ4v) is 2.84. The van der Waals surface area contributed by atoms with Gasteiger partial charge in [0.25, 0.3) is 0 Å². The molecule has 0 heterocycles. The lowest BCUT2D eigenvalue weighted by Gasteiger charge is -2.15. The number of methoxy groups -OCH3 is 2. The second-order valence-corrected chi connectivity index (χ2v) is 5.67. The molecule has 4 nitrogen and oxygen atoms in total. The van der Waals surface area contributed by atoms with E-state index in [0.29, 0.717) is 6.61 Å². The van der Waals surface area contributed by atoms with E-state index in [-0.39, 0.29) is 0 Å². The number of hydroxylamine groups is 1. The zero-order valence-corrected chi connectivity index (χ0v) is 13.2. The molecule has 4 heteroatoms. The van der Waals surface area contributed by atoms with Crippen LogP contribution in [0.2, 0.25) is 0 Å². The van der Waals surface area contributed by atoms with Gasteiger partial charge in [0, 0.05) is 18.2 Å². The maximum absolute atomic E-state index is 5.61. The van der Waals surface area contributed by atoms with E-state index in [2.05, 4.69) is 5.48 Å². The Bertz CT molecular complexity index is 414. The summed E-state index contributed by atoms with van der Waals surface area (Å²) in [5.41, 5.74) is 4.14. The smallest absolute Gasteiger partial charge is 0.128 e. The largest absolute Gasteiger partial charge is 0.497 e. The Labute approximate surface area is 127 Å². The molecular formula is C17H27NO3. The first-order chi connectivity index (χ1) is 10.3. The van der Waals surface area contributed by atoms with Crippen molar-refractivity contribution in [2.75, 3.05) is 20.8 Å². The van der Waals surface area contributed by atoms with Crippen LogP contribution in [0, 0.1) is 5.92 Å². The molecule has 0 amide bonds. The number of benzene rings is 1. The lowest BCUT2D eigenvalue weighted by Crippen LogP contribution is -2.23. The molecule has 1 N–H and O–H groups in total. The van der Waals surface area contributed by atoms with Crippen LogP contribution in [0.4, 0.5) is 0 Å². The van der Waals surface area contributed by atoms with Crippen molar-refractivity contribution in [2.24, 2.45) is 5.92 Å². The maximum Gasteiger partial charge on any atom is 0.128 e. The minimum absolute atomic E-state index is 0.500. The minimum Gasteiger partial charge on any atom is -0.497 e. The van der Waals surface area contributed by atoms with Gasteiger partial charge in [-0.3, -0.25) is 4.84 Å². The predicted octanol–water partition coefficient (Wildman–Crippen LogP) is 3.70. The molecule has 1 fully saturated rings. The molecule has 1 aromatic carbocycles. The lowest BCUT2D eigenvalue weighted by atomic mass is 10.0. The third-order valence-corrected chi connectivity index (χ3v) is 4.17. The third kappa shape index (κ3) is 5.21. The van der Waals surface area contributed by atoms with Crippen LogP contribution < -0.4 is 15.0 Å². The Balaban J connectivity index is 1.75. The average molecular weight is 293 g/mol. The van der Waals surface area contributed by atoms with Gasteiger partial charge in [0.1, 0.15) is 11.5 Å². The molecule has 118 valence electrons. The third-order valence-electron chi connectivity index (χ3n) is 4.17. The van der Waals surface area contributed by atoms with E-state index >= 15 is 0 Å². The van der Waals surface area contributed by atoms with Gasteiger partial charge in [-0.15, -0.1) is 0 Å². The molecule has 0 aliphatic heterocycles. The molecule has 0 aromatic heterocycles. The molecule has 0 bridgehead atoms. The van der Waals surface area contributed by atoms with E-state index in [1.54, 1.807) is 14.2 Å². The lowest BCUT2D eigenvalue weighted by molar-refractivity contribution is 0.0174. The summed E-state index contributed by atoms with van der Waals surface area (Å²) in [4.78, 5) is 5.61. The van der Waals surface area contributed by atoms with Gasteiger partial charge in [0.05, 0.1) is 20.8 Å². The molecule has 2 rings (SSSR count). The SMILES string of the molecule is COc1ccc(CONCC2CCCCCC2)c(OC)c1. The van der Waals surface area contributed by atoms with Crippen molar-refractivity contribution >= 4 is 0 Å². The fraction of sp³-hybridized carbons (Fsp3) is 0.647. The van der Waals surface area contributed by atoms with E-state index < -0.39 is 0 Å². The van der Waals surface area contributed by atoms with Crippen molar-refractivity contribution in [3.05, 3.63) is 23.8 Å². The van der Waals surface area contributed by atoms with Crippen molar-refractivity contribution in [3.63, 3.8) is 0 Å². The second-order valence-electron chi connectivity index (χ2n) is 5.67. The molecule has 1 saturated carbocycles. The highest BCUT2D eigenvalue weighted by molar-refractivity contribution is 5.40. The number of hydrogen-bond acceptors (Lipinski definition) is 4. The molecule has 0 spiro atoms. The van der Waals surface area contributed by atoms with Crippen molar-refractivity contribution in [2.45, 2.75) is 45.1 Å². The van der Waals surface area contributed by atoms with Gasteiger partial charge in [-0.05, 0) is 30.9 Å². The summed E-state index contributed by atoms with van der Waals surface area (Å²) in [7, 11) is 3.32. The first kappa shape index (κ1) is 16.1. The molecule has 0 saturated heterocycles. The van der Waals surface area contributed by atoms with E-state index in [0.717, 1.165) is 29.5 Å². The standard InChI is InChI=1S/C17H27NO3/c1-19-16-10-9-15(17(11-16)20-2)13-21-18-12-14-7-5-3-4-6-8-14/h9-11,14,18H,3-8,12-13H2,1-2H3. The molecule has 1 aliphatic carbocycles. The van der Waals surface area contributed by atoms with E-state index in [1.807, 2.05) is 18.2 Å². The van der Waals surface area contributed by atoms with Crippen molar-refractivity contribution in [3.8, 4) is 11.5 Å². The molecule has 0 atom stereocenters. The number of ether oxygens (including phenoxy) is 2. The second kappa shape index (κ2) is 8.90. The predicted molar refractivity (Wildman–Crippen MR) is 83.5 cm³/mol. The van der Waals surface area contributed by atoms with Crippen LogP contribution in [0.25, 0.3) is 0 Å². The van der Waals surface area contributed by atoms with Gasteiger partial charge in [-0.25, -0.2) is 5.48 Å². The summed E-state index contributed by atoms with van der Waals surface area (Å²) >= 11 is 0. The van der Waals surface area contributed by atoms with Crippen LogP contribution in [0.3, 0.4) is 0 Å². The molecule has 1 aliphatic rings. The Morgan fingerprint density at radius 2 is 1.81 bits per heavy atom. The van der Waals surface area contributed by atoms with Crippen LogP contribution in [0.15, 0.2) is 18.2 Å². The number of nitrogens with one attached hydrogen (secondary N) is 1. The van der Waals surface area contributed by atoms with Gasteiger partial charge in [-0.2, -0.15) is 0 Å². The molecule has 0 unspecified atom stereocenters. The average Bonchev–Trinajstić information content (AvgIpc) is 2.80. The van der Waals surface area contributed by atoms with Crippen molar-refractivity contribution in [1.29, 1.82) is 0 Å². The summed E-state index contributed by atoms with van der Waals surface area (Å²) < 4.78 is 10.6. The molecule has 21 heavy (non-hydrogen) atoms. The quantitative estimate of drug-likeness (QED) is 0.473. The topological polar surface area (TPSA) is 39.7 Å². The monoisotopic (exact) mass is 293 g/mol. The highest BCUT2D eigenvalue weighted by Crippen LogP contribution is 2.25. The van der Waals surface area contributed by atoms with E-state index in [9.17, 15) is 0 Å². The van der Waals surface area contributed by atoms with Crippen molar-refractivity contribution < 1.29 is 14.3 Å². The normalized spacial score (nSPS) is 16.5. The minimum atomic E-state index is 0.500.